The Kier molecular flexibility index (Phi) is 2.75. The SMILES string of the molecule is O=C(Nc1ncn[nH]1)c1cc2ccc(F)cc2oc1=O. The van der Waals surface area contributed by atoms with Crippen LogP contribution in [0.4, 0.5) is 10.3 Å². The molecule has 0 bridgehead atoms. The van der Waals surface area contributed by atoms with Gasteiger partial charge in [-0.25, -0.2) is 14.3 Å². The first-order valence-corrected chi connectivity index (χ1v) is 5.53. The minimum atomic E-state index is -0.861. The van der Waals surface area contributed by atoms with E-state index in [-0.39, 0.29) is 17.1 Å². The molecule has 0 unspecified atom stereocenters. The van der Waals surface area contributed by atoms with Crippen molar-refractivity contribution in [2.45, 2.75) is 0 Å². The van der Waals surface area contributed by atoms with E-state index < -0.39 is 17.3 Å². The average Bonchev–Trinajstić information content (AvgIpc) is 2.90. The number of benzene rings is 1. The van der Waals surface area contributed by atoms with Crippen molar-refractivity contribution in [2.75, 3.05) is 5.32 Å². The molecule has 1 aromatic carbocycles. The highest BCUT2D eigenvalue weighted by Crippen LogP contribution is 2.15. The first-order chi connectivity index (χ1) is 9.63. The normalized spacial score (nSPS) is 10.7. The summed E-state index contributed by atoms with van der Waals surface area (Å²) in [7, 11) is 0. The Morgan fingerprint density at radius 3 is 2.95 bits per heavy atom. The lowest BCUT2D eigenvalue weighted by atomic mass is 10.2. The molecular weight excluding hydrogens is 267 g/mol. The predicted molar refractivity (Wildman–Crippen MR) is 66.8 cm³/mol. The molecule has 0 aliphatic rings. The van der Waals surface area contributed by atoms with Crippen LogP contribution in [0.5, 0.6) is 0 Å². The van der Waals surface area contributed by atoms with Crippen molar-refractivity contribution in [3.8, 4) is 0 Å². The van der Waals surface area contributed by atoms with Gasteiger partial charge in [-0.05, 0) is 18.2 Å². The van der Waals surface area contributed by atoms with E-state index in [1.807, 2.05) is 0 Å². The number of nitrogens with one attached hydrogen (secondary N) is 2. The maximum atomic E-state index is 13.0. The van der Waals surface area contributed by atoms with Gasteiger partial charge in [0, 0.05) is 11.5 Å². The molecule has 0 radical (unpaired) electrons. The molecule has 0 saturated heterocycles. The largest absolute Gasteiger partial charge is 0.422 e. The van der Waals surface area contributed by atoms with Crippen molar-refractivity contribution >= 4 is 22.8 Å². The number of hydrogen-bond donors (Lipinski definition) is 2. The van der Waals surface area contributed by atoms with Crippen molar-refractivity contribution in [3.63, 3.8) is 0 Å². The topological polar surface area (TPSA) is 101 Å². The summed E-state index contributed by atoms with van der Waals surface area (Å²) in [6.45, 7) is 0. The predicted octanol–water partition coefficient (Wildman–Crippen LogP) is 1.30. The third-order valence-electron chi connectivity index (χ3n) is 2.59. The Bertz CT molecular complexity index is 842. The van der Waals surface area contributed by atoms with Gasteiger partial charge in [0.2, 0.25) is 5.95 Å². The van der Waals surface area contributed by atoms with Gasteiger partial charge in [-0.1, -0.05) is 0 Å². The van der Waals surface area contributed by atoms with Gasteiger partial charge in [0.1, 0.15) is 23.3 Å². The Morgan fingerprint density at radius 1 is 1.35 bits per heavy atom. The van der Waals surface area contributed by atoms with Crippen LogP contribution in [-0.4, -0.2) is 21.1 Å². The van der Waals surface area contributed by atoms with E-state index in [0.29, 0.717) is 5.39 Å². The third-order valence-corrected chi connectivity index (χ3v) is 2.59. The first-order valence-electron chi connectivity index (χ1n) is 5.53. The molecule has 2 N–H and O–H groups in total. The van der Waals surface area contributed by atoms with Crippen LogP contribution in [0.2, 0.25) is 0 Å². The molecule has 0 aliphatic carbocycles. The van der Waals surface area contributed by atoms with Crippen molar-refractivity contribution in [2.24, 2.45) is 0 Å². The van der Waals surface area contributed by atoms with Gasteiger partial charge in [0.15, 0.2) is 0 Å². The minimum Gasteiger partial charge on any atom is -0.422 e. The van der Waals surface area contributed by atoms with E-state index in [1.54, 1.807) is 0 Å². The lowest BCUT2D eigenvalue weighted by molar-refractivity contribution is 0.102. The Hall–Kier alpha value is -3.03. The molecule has 0 spiro atoms. The number of amides is 1. The number of hydrogen-bond acceptors (Lipinski definition) is 5. The Labute approximate surface area is 110 Å². The van der Waals surface area contributed by atoms with E-state index in [4.69, 9.17) is 4.42 Å². The molecule has 100 valence electrons. The summed E-state index contributed by atoms with van der Waals surface area (Å²) in [5.74, 6) is -1.12. The highest BCUT2D eigenvalue weighted by molar-refractivity contribution is 6.04. The highest BCUT2D eigenvalue weighted by atomic mass is 19.1. The lowest BCUT2D eigenvalue weighted by Crippen LogP contribution is -2.21. The van der Waals surface area contributed by atoms with Crippen LogP contribution >= 0.6 is 0 Å². The van der Waals surface area contributed by atoms with Gasteiger partial charge < -0.3 is 4.42 Å². The van der Waals surface area contributed by atoms with E-state index in [1.165, 1.54) is 24.5 Å². The number of aromatic nitrogens is 3. The molecule has 2 heterocycles. The zero-order valence-electron chi connectivity index (χ0n) is 9.88. The van der Waals surface area contributed by atoms with Gasteiger partial charge in [0.05, 0.1) is 0 Å². The summed E-state index contributed by atoms with van der Waals surface area (Å²) in [6.07, 6.45) is 1.21. The summed E-state index contributed by atoms with van der Waals surface area (Å²) in [5.41, 5.74) is -0.994. The minimum absolute atomic E-state index is 0.0752. The molecule has 7 nitrogen and oxygen atoms in total. The van der Waals surface area contributed by atoms with Gasteiger partial charge in [0.25, 0.3) is 5.91 Å². The Balaban J connectivity index is 2.03. The maximum absolute atomic E-state index is 13.0. The van der Waals surface area contributed by atoms with Crippen LogP contribution < -0.4 is 10.9 Å². The average molecular weight is 274 g/mol. The van der Waals surface area contributed by atoms with Gasteiger partial charge in [-0.2, -0.15) is 10.1 Å². The summed E-state index contributed by atoms with van der Waals surface area (Å²) in [6, 6.07) is 5.03. The molecule has 0 fully saturated rings. The number of H-pyrrole nitrogens is 1. The second-order valence-corrected chi connectivity index (χ2v) is 3.92. The molecule has 8 heteroatoms. The smallest absolute Gasteiger partial charge is 0.349 e. The maximum Gasteiger partial charge on any atom is 0.349 e. The first kappa shape index (κ1) is 12.0. The molecule has 20 heavy (non-hydrogen) atoms. The number of carbonyl (C=O) groups excluding carboxylic acids is 1. The van der Waals surface area contributed by atoms with Crippen LogP contribution in [0, 0.1) is 5.82 Å². The number of rotatable bonds is 2. The summed E-state index contributed by atoms with van der Waals surface area (Å²) in [5, 5.41) is 8.78. The van der Waals surface area contributed by atoms with Crippen LogP contribution in [0.3, 0.4) is 0 Å². The quantitative estimate of drug-likeness (QED) is 0.686. The summed E-state index contributed by atoms with van der Waals surface area (Å²) >= 11 is 0. The van der Waals surface area contributed by atoms with E-state index in [9.17, 15) is 14.0 Å². The second-order valence-electron chi connectivity index (χ2n) is 3.92. The van der Waals surface area contributed by atoms with E-state index in [0.717, 1.165) is 6.07 Å². The standard InChI is InChI=1S/C12H7FN4O3/c13-7-2-1-6-3-8(11(19)20-9(6)4-7)10(18)16-12-14-5-15-17-12/h1-5H,(H2,14,15,16,17,18). The number of fused-ring (bicyclic) bond motifs is 1. The number of carbonyl (C=O) groups is 1. The van der Waals surface area contributed by atoms with Crippen molar-refractivity contribution in [3.05, 3.63) is 52.4 Å². The van der Waals surface area contributed by atoms with Crippen LogP contribution in [0.25, 0.3) is 11.0 Å². The molecule has 0 saturated carbocycles. The zero-order valence-corrected chi connectivity index (χ0v) is 9.88. The molecule has 3 rings (SSSR count). The van der Waals surface area contributed by atoms with E-state index in [2.05, 4.69) is 20.5 Å². The summed E-state index contributed by atoms with van der Waals surface area (Å²) < 4.78 is 17.9. The fraction of sp³-hybridized carbons (Fsp3) is 0. The van der Waals surface area contributed by atoms with Gasteiger partial charge in [-0.3, -0.25) is 10.1 Å². The summed E-state index contributed by atoms with van der Waals surface area (Å²) in [4.78, 5) is 27.3. The van der Waals surface area contributed by atoms with Crippen molar-refractivity contribution in [1.29, 1.82) is 0 Å². The second kappa shape index (κ2) is 4.57. The number of anilines is 1. The molecule has 2 aromatic heterocycles. The number of halogens is 1. The number of nitrogens with zero attached hydrogens (tertiary/aromatic N) is 2. The van der Waals surface area contributed by atoms with Crippen LogP contribution in [0.1, 0.15) is 10.4 Å². The zero-order chi connectivity index (χ0) is 14.1. The molecule has 0 aliphatic heterocycles. The van der Waals surface area contributed by atoms with Crippen molar-refractivity contribution in [1.82, 2.24) is 15.2 Å². The van der Waals surface area contributed by atoms with Gasteiger partial charge >= 0.3 is 5.63 Å². The molecule has 1 amide bonds. The highest BCUT2D eigenvalue weighted by Gasteiger charge is 2.15. The van der Waals surface area contributed by atoms with Gasteiger partial charge in [-0.15, -0.1) is 0 Å². The monoisotopic (exact) mass is 274 g/mol. The molecule has 0 atom stereocenters. The fourth-order valence-electron chi connectivity index (χ4n) is 1.68. The molecular formula is C12H7FN4O3. The number of aromatic amines is 1. The van der Waals surface area contributed by atoms with Crippen LogP contribution in [0.15, 0.2) is 39.8 Å². The lowest BCUT2D eigenvalue weighted by Gasteiger charge is -2.02. The third kappa shape index (κ3) is 2.14. The Morgan fingerprint density at radius 2 is 2.20 bits per heavy atom. The fourth-order valence-corrected chi connectivity index (χ4v) is 1.68. The van der Waals surface area contributed by atoms with Crippen molar-refractivity contribution < 1.29 is 13.6 Å². The van der Waals surface area contributed by atoms with Crippen LogP contribution in [-0.2, 0) is 0 Å². The van der Waals surface area contributed by atoms with E-state index >= 15 is 0 Å². The molecule has 3 aromatic rings.